The van der Waals surface area contributed by atoms with Crippen molar-refractivity contribution in [2.24, 2.45) is 0 Å². The number of carbonyl (C=O) groups is 1. The molecule has 0 saturated heterocycles. The van der Waals surface area contributed by atoms with Gasteiger partial charge in [-0.25, -0.2) is 4.98 Å². The number of alkyl halides is 3. The number of nitrogens with zero attached hydrogens (tertiary/aromatic N) is 3. The van der Waals surface area contributed by atoms with Crippen LogP contribution in [0, 0.1) is 13.8 Å². The molecule has 4 aromatic rings. The highest BCUT2D eigenvalue weighted by Gasteiger charge is 2.31. The summed E-state index contributed by atoms with van der Waals surface area (Å²) in [5.74, 6) is -0.329. The largest absolute Gasteiger partial charge is 0.417 e. The number of benzene rings is 1. The molecule has 0 spiro atoms. The summed E-state index contributed by atoms with van der Waals surface area (Å²) in [4.78, 5) is 21.3. The lowest BCUT2D eigenvalue weighted by Crippen LogP contribution is -2.26. The van der Waals surface area contributed by atoms with E-state index in [0.29, 0.717) is 23.2 Å². The molecule has 0 aliphatic carbocycles. The van der Waals surface area contributed by atoms with Gasteiger partial charge in [0.25, 0.3) is 0 Å². The Morgan fingerprint density at radius 1 is 1.09 bits per heavy atom. The third-order valence-electron chi connectivity index (χ3n) is 5.22. The molecule has 170 valence electrons. The van der Waals surface area contributed by atoms with Gasteiger partial charge in [-0.15, -0.1) is 0 Å². The van der Waals surface area contributed by atoms with Crippen molar-refractivity contribution < 1.29 is 18.0 Å². The number of hydrogen-bond donors (Lipinski definition) is 1. The Balaban J connectivity index is 1.58. The summed E-state index contributed by atoms with van der Waals surface area (Å²) >= 11 is 5.95. The number of amides is 1. The standard InChI is InChI=1S/C24H20ClF3N4O/c1-14-3-6-16(7-4-14)23-20(32-13-15(2)5-8-21(32)31-23)10-22(33)30-12-19-18(25)9-17(11-29-19)24(26,27)28/h3-9,11,13H,10,12H2,1-2H3,(H,30,33). The van der Waals surface area contributed by atoms with E-state index in [2.05, 4.69) is 10.3 Å². The van der Waals surface area contributed by atoms with Crippen molar-refractivity contribution in [2.45, 2.75) is 33.0 Å². The highest BCUT2D eigenvalue weighted by atomic mass is 35.5. The van der Waals surface area contributed by atoms with Crippen molar-refractivity contribution in [3.05, 3.63) is 88.0 Å². The molecule has 0 aliphatic rings. The Kier molecular flexibility index (Phi) is 6.12. The number of rotatable bonds is 5. The van der Waals surface area contributed by atoms with Gasteiger partial charge >= 0.3 is 6.18 Å². The number of nitrogens with one attached hydrogen (secondary N) is 1. The summed E-state index contributed by atoms with van der Waals surface area (Å²) in [6.07, 6.45) is -1.90. The predicted octanol–water partition coefficient (Wildman–Crippen LogP) is 5.54. The quantitative estimate of drug-likeness (QED) is 0.414. The Bertz CT molecular complexity index is 1330. The Morgan fingerprint density at radius 2 is 1.79 bits per heavy atom. The van der Waals surface area contributed by atoms with Crippen LogP contribution in [0.25, 0.3) is 16.9 Å². The molecule has 33 heavy (non-hydrogen) atoms. The fraction of sp³-hybridized carbons (Fsp3) is 0.208. The van der Waals surface area contributed by atoms with E-state index in [1.165, 1.54) is 0 Å². The first kappa shape index (κ1) is 22.8. The molecular weight excluding hydrogens is 453 g/mol. The second-order valence-electron chi connectivity index (χ2n) is 7.81. The number of carbonyl (C=O) groups excluding carboxylic acids is 1. The van der Waals surface area contributed by atoms with Crippen molar-refractivity contribution in [1.29, 1.82) is 0 Å². The zero-order valence-corrected chi connectivity index (χ0v) is 18.6. The molecule has 1 aromatic carbocycles. The number of aryl methyl sites for hydroxylation is 2. The third kappa shape index (κ3) is 5.01. The van der Waals surface area contributed by atoms with Gasteiger partial charge in [0, 0.05) is 18.0 Å². The fourth-order valence-corrected chi connectivity index (χ4v) is 3.69. The molecule has 5 nitrogen and oxygen atoms in total. The predicted molar refractivity (Wildman–Crippen MR) is 120 cm³/mol. The zero-order valence-electron chi connectivity index (χ0n) is 17.9. The second kappa shape index (κ2) is 8.86. The van der Waals surface area contributed by atoms with E-state index in [-0.39, 0.29) is 29.6 Å². The molecule has 3 aromatic heterocycles. The fourth-order valence-electron chi connectivity index (χ4n) is 3.46. The monoisotopic (exact) mass is 472 g/mol. The molecule has 1 amide bonds. The summed E-state index contributed by atoms with van der Waals surface area (Å²) in [5.41, 5.74) is 4.35. The van der Waals surface area contributed by atoms with E-state index < -0.39 is 11.7 Å². The SMILES string of the molecule is Cc1ccc(-c2nc3ccc(C)cn3c2CC(=O)NCc2ncc(C(F)(F)F)cc2Cl)cc1. The minimum atomic E-state index is -4.54. The summed E-state index contributed by atoms with van der Waals surface area (Å²) in [5, 5.41) is 2.54. The molecule has 0 bridgehead atoms. The number of hydrogen-bond acceptors (Lipinski definition) is 3. The van der Waals surface area contributed by atoms with Crippen molar-refractivity contribution in [2.75, 3.05) is 0 Å². The van der Waals surface area contributed by atoms with Crippen LogP contribution >= 0.6 is 11.6 Å². The first-order valence-electron chi connectivity index (χ1n) is 10.1. The number of imidazole rings is 1. The minimum Gasteiger partial charge on any atom is -0.350 e. The summed E-state index contributed by atoms with van der Waals surface area (Å²) in [6, 6.07) is 12.5. The van der Waals surface area contributed by atoms with Crippen molar-refractivity contribution >= 4 is 23.2 Å². The molecule has 0 atom stereocenters. The van der Waals surface area contributed by atoms with Crippen LogP contribution in [0.3, 0.4) is 0 Å². The highest BCUT2D eigenvalue weighted by Crippen LogP contribution is 2.31. The average Bonchev–Trinajstić information content (AvgIpc) is 3.10. The lowest BCUT2D eigenvalue weighted by Gasteiger charge is -2.11. The van der Waals surface area contributed by atoms with E-state index in [1.807, 2.05) is 60.8 Å². The average molecular weight is 473 g/mol. The van der Waals surface area contributed by atoms with Gasteiger partial charge in [-0.05, 0) is 31.5 Å². The zero-order chi connectivity index (χ0) is 23.8. The van der Waals surface area contributed by atoms with Crippen molar-refractivity contribution in [3.63, 3.8) is 0 Å². The molecule has 3 heterocycles. The van der Waals surface area contributed by atoms with E-state index in [4.69, 9.17) is 16.6 Å². The van der Waals surface area contributed by atoms with Gasteiger partial charge in [0.1, 0.15) is 5.65 Å². The van der Waals surface area contributed by atoms with Crippen LogP contribution < -0.4 is 5.32 Å². The maximum Gasteiger partial charge on any atom is 0.417 e. The molecule has 0 saturated carbocycles. The summed E-state index contributed by atoms with van der Waals surface area (Å²) < 4.78 is 40.3. The Hall–Kier alpha value is -3.39. The first-order valence-corrected chi connectivity index (χ1v) is 10.5. The van der Waals surface area contributed by atoms with E-state index >= 15 is 0 Å². The molecule has 9 heteroatoms. The van der Waals surface area contributed by atoms with Crippen LogP contribution in [-0.4, -0.2) is 20.3 Å². The van der Waals surface area contributed by atoms with Crippen LogP contribution in [0.4, 0.5) is 13.2 Å². The third-order valence-corrected chi connectivity index (χ3v) is 5.54. The van der Waals surface area contributed by atoms with E-state index in [1.54, 1.807) is 0 Å². The maximum absolute atomic E-state index is 12.8. The summed E-state index contributed by atoms with van der Waals surface area (Å²) in [7, 11) is 0. The molecule has 1 N–H and O–H groups in total. The van der Waals surface area contributed by atoms with E-state index in [9.17, 15) is 18.0 Å². The normalized spacial score (nSPS) is 11.7. The maximum atomic E-state index is 12.8. The van der Waals surface area contributed by atoms with Gasteiger partial charge in [0.05, 0.1) is 40.6 Å². The molecule has 4 rings (SSSR count). The second-order valence-corrected chi connectivity index (χ2v) is 8.22. The molecule has 0 fully saturated rings. The highest BCUT2D eigenvalue weighted by molar-refractivity contribution is 6.31. The lowest BCUT2D eigenvalue weighted by atomic mass is 10.1. The summed E-state index contributed by atoms with van der Waals surface area (Å²) in [6.45, 7) is 3.85. The minimum absolute atomic E-state index is 0.0199. The Morgan fingerprint density at radius 3 is 2.45 bits per heavy atom. The van der Waals surface area contributed by atoms with Crippen LogP contribution in [0.2, 0.25) is 5.02 Å². The number of pyridine rings is 2. The molecular formula is C24H20ClF3N4O. The van der Waals surface area contributed by atoms with Gasteiger partial charge in [0.2, 0.25) is 5.91 Å². The van der Waals surface area contributed by atoms with Crippen LogP contribution in [0.15, 0.2) is 54.9 Å². The van der Waals surface area contributed by atoms with Crippen LogP contribution in [0.1, 0.15) is 28.1 Å². The number of halogens is 4. The molecule has 0 radical (unpaired) electrons. The van der Waals surface area contributed by atoms with Gasteiger partial charge in [-0.1, -0.05) is 47.5 Å². The van der Waals surface area contributed by atoms with Gasteiger partial charge in [-0.3, -0.25) is 9.78 Å². The van der Waals surface area contributed by atoms with Crippen molar-refractivity contribution in [3.8, 4) is 11.3 Å². The van der Waals surface area contributed by atoms with Gasteiger partial charge in [-0.2, -0.15) is 13.2 Å². The van der Waals surface area contributed by atoms with Crippen molar-refractivity contribution in [1.82, 2.24) is 19.7 Å². The molecule has 0 aliphatic heterocycles. The van der Waals surface area contributed by atoms with Gasteiger partial charge in [0.15, 0.2) is 0 Å². The smallest absolute Gasteiger partial charge is 0.350 e. The van der Waals surface area contributed by atoms with E-state index in [0.717, 1.165) is 22.8 Å². The van der Waals surface area contributed by atoms with Crippen LogP contribution in [0.5, 0.6) is 0 Å². The number of fused-ring (bicyclic) bond motifs is 1. The van der Waals surface area contributed by atoms with Crippen LogP contribution in [-0.2, 0) is 23.9 Å². The lowest BCUT2D eigenvalue weighted by molar-refractivity contribution is -0.137. The van der Waals surface area contributed by atoms with Gasteiger partial charge < -0.3 is 9.72 Å². The topological polar surface area (TPSA) is 59.3 Å². The first-order chi connectivity index (χ1) is 15.6. The molecule has 0 unspecified atom stereocenters. The number of aromatic nitrogens is 3. The Labute approximate surface area is 193 Å².